The van der Waals surface area contributed by atoms with Crippen molar-refractivity contribution in [1.82, 2.24) is 9.71 Å². The molecule has 2 heterocycles. The average molecular weight is 337 g/mol. The average Bonchev–Trinajstić information content (AvgIpc) is 2.86. The zero-order chi connectivity index (χ0) is 14.0. The van der Waals surface area contributed by atoms with Gasteiger partial charge >= 0.3 is 0 Å². The second kappa shape index (κ2) is 5.88. The lowest BCUT2D eigenvalue weighted by molar-refractivity contribution is 0.584. The fraction of sp³-hybridized carbons (Fsp3) is 0.364. The minimum atomic E-state index is -3.45. The van der Waals surface area contributed by atoms with E-state index < -0.39 is 10.0 Å². The molecule has 0 bridgehead atoms. The van der Waals surface area contributed by atoms with Gasteiger partial charge in [-0.25, -0.2) is 18.1 Å². The molecule has 2 rings (SSSR count). The van der Waals surface area contributed by atoms with Crippen molar-refractivity contribution in [1.29, 1.82) is 0 Å². The number of nitrogens with one attached hydrogen (secondary N) is 1. The molecule has 0 aromatic carbocycles. The summed E-state index contributed by atoms with van der Waals surface area (Å²) in [6, 6.07) is 3.09. The molecule has 104 valence electrons. The number of thiazole rings is 1. The summed E-state index contributed by atoms with van der Waals surface area (Å²) in [5.41, 5.74) is 0.973. The van der Waals surface area contributed by atoms with Crippen LogP contribution in [0.4, 0.5) is 0 Å². The number of thiophene rings is 1. The SMILES string of the molecule is Cc1nc(C)c(CCNS(=O)(=O)c2ccc(Cl)s2)s1. The Morgan fingerprint density at radius 2 is 2.05 bits per heavy atom. The Morgan fingerprint density at radius 3 is 2.58 bits per heavy atom. The molecule has 0 amide bonds. The first-order chi connectivity index (χ1) is 8.88. The summed E-state index contributed by atoms with van der Waals surface area (Å²) in [6.45, 7) is 4.24. The smallest absolute Gasteiger partial charge is 0.247 e. The van der Waals surface area contributed by atoms with Gasteiger partial charge in [0.1, 0.15) is 4.21 Å². The van der Waals surface area contributed by atoms with E-state index in [1.807, 2.05) is 13.8 Å². The fourth-order valence-corrected chi connectivity index (χ4v) is 5.11. The lowest BCUT2D eigenvalue weighted by Crippen LogP contribution is -2.25. The Kier molecular flexibility index (Phi) is 4.62. The van der Waals surface area contributed by atoms with Gasteiger partial charge in [0.2, 0.25) is 10.0 Å². The topological polar surface area (TPSA) is 59.1 Å². The van der Waals surface area contributed by atoms with Crippen LogP contribution in [0.2, 0.25) is 4.34 Å². The molecule has 0 aliphatic heterocycles. The molecule has 0 spiro atoms. The molecule has 0 unspecified atom stereocenters. The van der Waals surface area contributed by atoms with Gasteiger partial charge < -0.3 is 0 Å². The summed E-state index contributed by atoms with van der Waals surface area (Å²) in [4.78, 5) is 5.43. The van der Waals surface area contributed by atoms with Crippen molar-refractivity contribution >= 4 is 44.3 Å². The number of nitrogens with zero attached hydrogens (tertiary/aromatic N) is 1. The molecule has 2 aromatic heterocycles. The second-order valence-corrected chi connectivity index (χ2v) is 8.94. The highest BCUT2D eigenvalue weighted by Crippen LogP contribution is 2.25. The van der Waals surface area contributed by atoms with Crippen molar-refractivity contribution < 1.29 is 8.42 Å². The summed E-state index contributed by atoms with van der Waals surface area (Å²) >= 11 is 8.39. The Bertz CT molecular complexity index is 676. The molecular weight excluding hydrogens is 324 g/mol. The van der Waals surface area contributed by atoms with Crippen LogP contribution < -0.4 is 4.72 Å². The highest BCUT2D eigenvalue weighted by Gasteiger charge is 2.16. The minimum Gasteiger partial charge on any atom is -0.247 e. The van der Waals surface area contributed by atoms with Crippen molar-refractivity contribution in [2.75, 3.05) is 6.54 Å². The lowest BCUT2D eigenvalue weighted by Gasteiger charge is -2.03. The molecule has 1 N–H and O–H groups in total. The zero-order valence-electron chi connectivity index (χ0n) is 10.4. The highest BCUT2D eigenvalue weighted by atomic mass is 35.5. The maximum Gasteiger partial charge on any atom is 0.250 e. The third-order valence-electron chi connectivity index (χ3n) is 2.46. The number of sulfonamides is 1. The number of halogens is 1. The number of hydrogen-bond donors (Lipinski definition) is 1. The number of aromatic nitrogens is 1. The molecule has 2 aromatic rings. The summed E-state index contributed by atoms with van der Waals surface area (Å²) < 4.78 is 27.2. The van der Waals surface area contributed by atoms with Gasteiger partial charge in [-0.05, 0) is 32.4 Å². The normalized spacial score (nSPS) is 11.9. The molecule has 0 radical (unpaired) electrons. The minimum absolute atomic E-state index is 0.245. The molecule has 19 heavy (non-hydrogen) atoms. The van der Waals surface area contributed by atoms with Crippen LogP contribution in [0.15, 0.2) is 16.3 Å². The predicted molar refractivity (Wildman–Crippen MR) is 79.8 cm³/mol. The van der Waals surface area contributed by atoms with Gasteiger partial charge in [0.05, 0.1) is 15.0 Å². The quantitative estimate of drug-likeness (QED) is 0.913. The standard InChI is InChI=1S/C11H13ClN2O2S3/c1-7-9(17-8(2)14-7)5-6-13-19(15,16)11-4-3-10(12)18-11/h3-4,13H,5-6H2,1-2H3. The van der Waals surface area contributed by atoms with Gasteiger partial charge in [0.25, 0.3) is 0 Å². The molecule has 0 saturated heterocycles. The molecule has 0 atom stereocenters. The summed E-state index contributed by atoms with van der Waals surface area (Å²) in [5, 5.41) is 1.00. The van der Waals surface area contributed by atoms with Gasteiger partial charge in [-0.15, -0.1) is 22.7 Å². The third-order valence-corrected chi connectivity index (χ3v) is 6.77. The number of aryl methyl sites for hydroxylation is 2. The summed E-state index contributed by atoms with van der Waals surface area (Å²) in [6.07, 6.45) is 0.648. The van der Waals surface area contributed by atoms with E-state index in [9.17, 15) is 8.42 Å². The first-order valence-corrected chi connectivity index (χ1v) is 9.06. The van der Waals surface area contributed by atoms with Gasteiger partial charge in [-0.1, -0.05) is 11.6 Å². The van der Waals surface area contributed by atoms with Crippen LogP contribution >= 0.6 is 34.3 Å². The van der Waals surface area contributed by atoms with Gasteiger partial charge in [0.15, 0.2) is 0 Å². The van der Waals surface area contributed by atoms with E-state index in [4.69, 9.17) is 11.6 Å². The van der Waals surface area contributed by atoms with E-state index in [0.29, 0.717) is 17.3 Å². The van der Waals surface area contributed by atoms with Crippen molar-refractivity contribution in [3.05, 3.63) is 32.0 Å². The summed E-state index contributed by atoms with van der Waals surface area (Å²) in [5.74, 6) is 0. The Hall–Kier alpha value is -0.470. The predicted octanol–water partition coefficient (Wildman–Crippen LogP) is 3.00. The van der Waals surface area contributed by atoms with Crippen LogP contribution in [0.1, 0.15) is 15.6 Å². The fourth-order valence-electron chi connectivity index (χ4n) is 1.62. The third kappa shape index (κ3) is 3.76. The molecule has 0 saturated carbocycles. The highest BCUT2D eigenvalue weighted by molar-refractivity contribution is 7.91. The van der Waals surface area contributed by atoms with Crippen LogP contribution in [0.25, 0.3) is 0 Å². The molecule has 8 heteroatoms. The monoisotopic (exact) mass is 336 g/mol. The number of hydrogen-bond acceptors (Lipinski definition) is 5. The van der Waals surface area contributed by atoms with Crippen molar-refractivity contribution in [3.63, 3.8) is 0 Å². The van der Waals surface area contributed by atoms with E-state index in [0.717, 1.165) is 26.9 Å². The van der Waals surface area contributed by atoms with E-state index >= 15 is 0 Å². The lowest BCUT2D eigenvalue weighted by atomic mass is 10.3. The molecule has 0 aliphatic carbocycles. The van der Waals surface area contributed by atoms with Crippen LogP contribution in [0, 0.1) is 13.8 Å². The molecular formula is C11H13ClN2O2S3. The van der Waals surface area contributed by atoms with Gasteiger partial charge in [-0.2, -0.15) is 0 Å². The first-order valence-electron chi connectivity index (χ1n) is 5.56. The van der Waals surface area contributed by atoms with Crippen LogP contribution in [0.5, 0.6) is 0 Å². The van der Waals surface area contributed by atoms with E-state index in [-0.39, 0.29) is 4.21 Å². The second-order valence-electron chi connectivity index (χ2n) is 3.95. The van der Waals surface area contributed by atoms with Gasteiger partial charge in [-0.3, -0.25) is 0 Å². The molecule has 4 nitrogen and oxygen atoms in total. The van der Waals surface area contributed by atoms with Crippen LogP contribution in [0.3, 0.4) is 0 Å². The van der Waals surface area contributed by atoms with Crippen molar-refractivity contribution in [2.45, 2.75) is 24.5 Å². The molecule has 0 aliphatic rings. The van der Waals surface area contributed by atoms with Crippen molar-refractivity contribution in [3.8, 4) is 0 Å². The van der Waals surface area contributed by atoms with Crippen LogP contribution in [-0.2, 0) is 16.4 Å². The Labute approximate surface area is 125 Å². The van der Waals surface area contributed by atoms with E-state index in [2.05, 4.69) is 9.71 Å². The first kappa shape index (κ1) is 14.9. The Balaban J connectivity index is 1.97. The van der Waals surface area contributed by atoms with Gasteiger partial charge in [0, 0.05) is 11.4 Å². The summed E-state index contributed by atoms with van der Waals surface area (Å²) in [7, 11) is -3.45. The molecule has 0 fully saturated rings. The van der Waals surface area contributed by atoms with E-state index in [1.54, 1.807) is 17.4 Å². The van der Waals surface area contributed by atoms with E-state index in [1.165, 1.54) is 6.07 Å². The largest absolute Gasteiger partial charge is 0.250 e. The Morgan fingerprint density at radius 1 is 1.32 bits per heavy atom. The zero-order valence-corrected chi connectivity index (χ0v) is 13.6. The van der Waals surface area contributed by atoms with Crippen molar-refractivity contribution in [2.24, 2.45) is 0 Å². The van der Waals surface area contributed by atoms with Crippen LogP contribution in [-0.4, -0.2) is 19.9 Å². The number of rotatable bonds is 5. The maximum absolute atomic E-state index is 12.0. The maximum atomic E-state index is 12.0.